The van der Waals surface area contributed by atoms with Gasteiger partial charge in [-0.1, -0.05) is 11.6 Å². The monoisotopic (exact) mass is 284 g/mol. The Morgan fingerprint density at radius 2 is 2.21 bits per heavy atom. The molecule has 1 saturated heterocycles. The molecule has 1 aromatic carbocycles. The molecule has 2 rings (SSSR count). The molecule has 0 spiro atoms. The van der Waals surface area contributed by atoms with Gasteiger partial charge in [0.25, 0.3) is 0 Å². The molecule has 1 aromatic rings. The summed E-state index contributed by atoms with van der Waals surface area (Å²) in [5, 5.41) is 14.8. The van der Waals surface area contributed by atoms with E-state index in [4.69, 9.17) is 21.4 Å². The van der Waals surface area contributed by atoms with Crippen LogP contribution in [0, 0.1) is 0 Å². The standard InChI is InChI=1S/C12H13ClN2O4/c13-8-3-7(12(17)18)4-9(5-8)15-11(16)10-6-19-2-1-14-10/h3-5,10,14H,1-2,6H2,(H,15,16)(H,17,18). The average Bonchev–Trinajstić information content (AvgIpc) is 2.39. The lowest BCUT2D eigenvalue weighted by Crippen LogP contribution is -2.48. The Labute approximate surface area is 114 Å². The van der Waals surface area contributed by atoms with Crippen LogP contribution in [-0.2, 0) is 9.53 Å². The van der Waals surface area contributed by atoms with Crippen molar-refractivity contribution in [2.75, 3.05) is 25.1 Å². The number of halogens is 1. The predicted molar refractivity (Wildman–Crippen MR) is 69.7 cm³/mol. The first kappa shape index (κ1) is 13.8. The Bertz CT molecular complexity index is 501. The molecule has 1 atom stereocenters. The van der Waals surface area contributed by atoms with Gasteiger partial charge in [-0.3, -0.25) is 4.79 Å². The third-order valence-electron chi connectivity index (χ3n) is 2.65. The van der Waals surface area contributed by atoms with Crippen LogP contribution in [0.25, 0.3) is 0 Å². The fourth-order valence-electron chi connectivity index (χ4n) is 1.75. The molecule has 1 amide bonds. The van der Waals surface area contributed by atoms with Gasteiger partial charge in [0.05, 0.1) is 18.8 Å². The molecule has 0 saturated carbocycles. The summed E-state index contributed by atoms with van der Waals surface area (Å²) in [6.07, 6.45) is 0. The van der Waals surface area contributed by atoms with Crippen LogP contribution < -0.4 is 10.6 Å². The van der Waals surface area contributed by atoms with E-state index in [-0.39, 0.29) is 23.1 Å². The fourth-order valence-corrected chi connectivity index (χ4v) is 1.98. The zero-order valence-corrected chi connectivity index (χ0v) is 10.7. The molecule has 1 fully saturated rings. The number of hydrogen-bond acceptors (Lipinski definition) is 4. The van der Waals surface area contributed by atoms with Crippen molar-refractivity contribution in [3.63, 3.8) is 0 Å². The molecular weight excluding hydrogens is 272 g/mol. The van der Waals surface area contributed by atoms with Crippen molar-refractivity contribution in [1.29, 1.82) is 0 Å². The molecule has 1 unspecified atom stereocenters. The van der Waals surface area contributed by atoms with Gasteiger partial charge in [0.15, 0.2) is 0 Å². The highest BCUT2D eigenvalue weighted by Crippen LogP contribution is 2.19. The number of carboxylic acid groups (broad SMARTS) is 1. The van der Waals surface area contributed by atoms with E-state index in [2.05, 4.69) is 10.6 Å². The first-order chi connectivity index (χ1) is 9.06. The Kier molecular flexibility index (Phi) is 4.36. The van der Waals surface area contributed by atoms with E-state index in [0.717, 1.165) is 0 Å². The number of carbonyl (C=O) groups is 2. The van der Waals surface area contributed by atoms with Crippen LogP contribution in [0.4, 0.5) is 5.69 Å². The summed E-state index contributed by atoms with van der Waals surface area (Å²) in [6, 6.07) is 3.73. The number of nitrogens with one attached hydrogen (secondary N) is 2. The summed E-state index contributed by atoms with van der Waals surface area (Å²) in [6.45, 7) is 1.47. The van der Waals surface area contributed by atoms with Crippen LogP contribution in [0.3, 0.4) is 0 Å². The first-order valence-electron chi connectivity index (χ1n) is 5.72. The van der Waals surface area contributed by atoms with Gasteiger partial charge in [-0.25, -0.2) is 4.79 Å². The summed E-state index contributed by atoms with van der Waals surface area (Å²) in [5.74, 6) is -1.38. The Morgan fingerprint density at radius 3 is 2.84 bits per heavy atom. The third-order valence-corrected chi connectivity index (χ3v) is 2.87. The molecule has 1 aliphatic rings. The number of carboxylic acids is 1. The Balaban J connectivity index is 2.09. The zero-order valence-electron chi connectivity index (χ0n) is 9.98. The van der Waals surface area contributed by atoms with Crippen LogP contribution in [0.1, 0.15) is 10.4 Å². The average molecular weight is 285 g/mol. The lowest BCUT2D eigenvalue weighted by molar-refractivity contribution is -0.120. The van der Waals surface area contributed by atoms with Gasteiger partial charge in [0, 0.05) is 17.3 Å². The zero-order chi connectivity index (χ0) is 13.8. The van der Waals surface area contributed by atoms with Crippen molar-refractivity contribution in [1.82, 2.24) is 5.32 Å². The normalized spacial score (nSPS) is 18.9. The van der Waals surface area contributed by atoms with E-state index in [9.17, 15) is 9.59 Å². The highest BCUT2D eigenvalue weighted by atomic mass is 35.5. The summed E-state index contributed by atoms with van der Waals surface area (Å²) in [4.78, 5) is 22.8. The number of morpholine rings is 1. The van der Waals surface area contributed by atoms with Crippen molar-refractivity contribution in [2.24, 2.45) is 0 Å². The molecule has 6 nitrogen and oxygen atoms in total. The number of benzene rings is 1. The van der Waals surface area contributed by atoms with Crippen LogP contribution in [0.15, 0.2) is 18.2 Å². The molecule has 0 aliphatic carbocycles. The van der Waals surface area contributed by atoms with Gasteiger partial charge >= 0.3 is 5.97 Å². The molecular formula is C12H13ClN2O4. The van der Waals surface area contributed by atoms with E-state index in [0.29, 0.717) is 18.8 Å². The highest BCUT2D eigenvalue weighted by Gasteiger charge is 2.21. The maximum atomic E-state index is 11.9. The first-order valence-corrected chi connectivity index (χ1v) is 6.10. The van der Waals surface area contributed by atoms with Crippen molar-refractivity contribution >= 4 is 29.2 Å². The second kappa shape index (κ2) is 6.01. The summed E-state index contributed by atoms with van der Waals surface area (Å²) < 4.78 is 5.18. The van der Waals surface area contributed by atoms with E-state index >= 15 is 0 Å². The second-order valence-corrected chi connectivity index (χ2v) is 4.54. The van der Waals surface area contributed by atoms with Gasteiger partial charge in [-0.05, 0) is 18.2 Å². The third kappa shape index (κ3) is 3.66. The molecule has 19 heavy (non-hydrogen) atoms. The number of carbonyl (C=O) groups excluding carboxylic acids is 1. The van der Waals surface area contributed by atoms with Gasteiger partial charge in [-0.2, -0.15) is 0 Å². The number of aromatic carboxylic acids is 1. The highest BCUT2D eigenvalue weighted by molar-refractivity contribution is 6.31. The SMILES string of the molecule is O=C(O)c1cc(Cl)cc(NC(=O)C2COCCN2)c1. The number of rotatable bonds is 3. The number of hydrogen-bond donors (Lipinski definition) is 3. The van der Waals surface area contributed by atoms with E-state index < -0.39 is 12.0 Å². The number of ether oxygens (including phenoxy) is 1. The number of anilines is 1. The van der Waals surface area contributed by atoms with Crippen LogP contribution in [0.2, 0.25) is 5.02 Å². The Hall–Kier alpha value is -1.63. The van der Waals surface area contributed by atoms with Crippen LogP contribution >= 0.6 is 11.6 Å². The minimum absolute atomic E-state index is 0.0238. The van der Waals surface area contributed by atoms with Crippen molar-refractivity contribution in [3.8, 4) is 0 Å². The largest absolute Gasteiger partial charge is 0.478 e. The molecule has 102 valence electrons. The smallest absolute Gasteiger partial charge is 0.335 e. The number of amides is 1. The quantitative estimate of drug-likeness (QED) is 0.770. The minimum atomic E-state index is -1.10. The predicted octanol–water partition coefficient (Wildman–Crippen LogP) is 0.965. The fraction of sp³-hybridized carbons (Fsp3) is 0.333. The van der Waals surface area contributed by atoms with Gasteiger partial charge in [-0.15, -0.1) is 0 Å². The lowest BCUT2D eigenvalue weighted by Gasteiger charge is -2.23. The molecule has 1 aliphatic heterocycles. The molecule has 3 N–H and O–H groups in total. The van der Waals surface area contributed by atoms with E-state index in [1.54, 1.807) is 0 Å². The van der Waals surface area contributed by atoms with Gasteiger partial charge < -0.3 is 20.5 Å². The maximum absolute atomic E-state index is 11.9. The Morgan fingerprint density at radius 1 is 1.42 bits per heavy atom. The van der Waals surface area contributed by atoms with E-state index in [1.165, 1.54) is 18.2 Å². The summed E-state index contributed by atoms with van der Waals surface area (Å²) in [7, 11) is 0. The van der Waals surface area contributed by atoms with Gasteiger partial charge in [0.1, 0.15) is 6.04 Å². The van der Waals surface area contributed by atoms with Crippen LogP contribution in [-0.4, -0.2) is 42.8 Å². The molecule has 1 heterocycles. The van der Waals surface area contributed by atoms with Crippen LogP contribution in [0.5, 0.6) is 0 Å². The molecule has 7 heteroatoms. The van der Waals surface area contributed by atoms with E-state index in [1.807, 2.05) is 0 Å². The van der Waals surface area contributed by atoms with Crippen molar-refractivity contribution in [3.05, 3.63) is 28.8 Å². The second-order valence-electron chi connectivity index (χ2n) is 4.10. The summed E-state index contributed by atoms with van der Waals surface area (Å²) >= 11 is 5.81. The molecule has 0 aromatic heterocycles. The van der Waals surface area contributed by atoms with Gasteiger partial charge in [0.2, 0.25) is 5.91 Å². The van der Waals surface area contributed by atoms with Crippen molar-refractivity contribution in [2.45, 2.75) is 6.04 Å². The summed E-state index contributed by atoms with van der Waals surface area (Å²) in [5.41, 5.74) is 0.373. The molecule has 0 bridgehead atoms. The van der Waals surface area contributed by atoms with Crippen molar-refractivity contribution < 1.29 is 19.4 Å². The maximum Gasteiger partial charge on any atom is 0.335 e. The topological polar surface area (TPSA) is 87.7 Å². The lowest BCUT2D eigenvalue weighted by atomic mass is 10.2. The molecule has 0 radical (unpaired) electrons. The minimum Gasteiger partial charge on any atom is -0.478 e.